The summed E-state index contributed by atoms with van der Waals surface area (Å²) in [5.41, 5.74) is 3.46. The Hall–Kier alpha value is -3.54. The number of rotatable bonds is 3. The third-order valence-corrected chi connectivity index (χ3v) is 3.70. The molecule has 2 heterocycles. The minimum Gasteiger partial charge on any atom is -0.402 e. The van der Waals surface area contributed by atoms with E-state index in [-0.39, 0.29) is 5.70 Å². The van der Waals surface area contributed by atoms with Gasteiger partial charge in [0, 0.05) is 11.6 Å². The predicted octanol–water partition coefficient (Wildman–Crippen LogP) is 2.92. The second kappa shape index (κ2) is 6.16. The van der Waals surface area contributed by atoms with Crippen LogP contribution in [0.3, 0.4) is 0 Å². The molecule has 0 bridgehead atoms. The molecule has 122 valence electrons. The fourth-order valence-electron chi connectivity index (χ4n) is 2.40. The Bertz CT molecular complexity index is 986. The minimum atomic E-state index is -0.496. The van der Waals surface area contributed by atoms with Gasteiger partial charge in [0.2, 0.25) is 5.90 Å². The van der Waals surface area contributed by atoms with E-state index in [9.17, 15) is 4.79 Å². The van der Waals surface area contributed by atoms with E-state index in [1.54, 1.807) is 12.3 Å². The number of aromatic nitrogens is 3. The van der Waals surface area contributed by atoms with E-state index in [1.807, 2.05) is 61.5 Å². The van der Waals surface area contributed by atoms with Crippen LogP contribution in [0.4, 0.5) is 0 Å². The van der Waals surface area contributed by atoms with Gasteiger partial charge in [-0.1, -0.05) is 35.9 Å². The van der Waals surface area contributed by atoms with E-state index in [1.165, 1.54) is 4.80 Å². The number of aryl methyl sites for hydroxylation is 1. The Morgan fingerprint density at radius 1 is 1.04 bits per heavy atom. The molecule has 0 aliphatic carbocycles. The second-order valence-corrected chi connectivity index (χ2v) is 5.60. The average molecular weight is 330 g/mol. The molecular weight excluding hydrogens is 316 g/mol. The predicted molar refractivity (Wildman–Crippen MR) is 93.1 cm³/mol. The molecule has 0 saturated heterocycles. The molecule has 1 aromatic heterocycles. The third kappa shape index (κ3) is 3.10. The first-order valence-corrected chi connectivity index (χ1v) is 7.76. The monoisotopic (exact) mass is 330 g/mol. The molecule has 1 aliphatic heterocycles. The summed E-state index contributed by atoms with van der Waals surface area (Å²) in [6.45, 7) is 1.99. The van der Waals surface area contributed by atoms with Crippen molar-refractivity contribution in [1.29, 1.82) is 0 Å². The summed E-state index contributed by atoms with van der Waals surface area (Å²) in [6, 6.07) is 17.2. The summed E-state index contributed by atoms with van der Waals surface area (Å²) in [5.74, 6) is -0.198. The molecule has 0 fully saturated rings. The van der Waals surface area contributed by atoms with Crippen LogP contribution in [-0.4, -0.2) is 26.9 Å². The summed E-state index contributed by atoms with van der Waals surface area (Å²) in [4.78, 5) is 17.8. The van der Waals surface area contributed by atoms with Crippen molar-refractivity contribution < 1.29 is 9.53 Å². The van der Waals surface area contributed by atoms with E-state index in [0.717, 1.165) is 16.8 Å². The maximum absolute atomic E-state index is 12.0. The molecule has 2 aromatic carbocycles. The molecule has 4 rings (SSSR count). The number of benzene rings is 2. The summed E-state index contributed by atoms with van der Waals surface area (Å²) < 4.78 is 5.25. The van der Waals surface area contributed by atoms with Crippen LogP contribution in [0.5, 0.6) is 0 Å². The first-order valence-electron chi connectivity index (χ1n) is 7.76. The van der Waals surface area contributed by atoms with Crippen molar-refractivity contribution in [1.82, 2.24) is 15.0 Å². The zero-order valence-electron chi connectivity index (χ0n) is 13.5. The molecule has 25 heavy (non-hydrogen) atoms. The SMILES string of the molecule is Cc1ccc(C2=NC(=Cc3cnn(-c4ccccc4)n3)C(=O)O2)cc1. The lowest BCUT2D eigenvalue weighted by molar-refractivity contribution is -0.129. The van der Waals surface area contributed by atoms with Crippen molar-refractivity contribution in [2.45, 2.75) is 6.92 Å². The zero-order chi connectivity index (χ0) is 17.2. The van der Waals surface area contributed by atoms with Crippen molar-refractivity contribution in [3.8, 4) is 5.69 Å². The molecule has 6 nitrogen and oxygen atoms in total. The van der Waals surface area contributed by atoms with Crippen LogP contribution in [0.15, 0.2) is 71.5 Å². The minimum absolute atomic E-state index is 0.204. The number of hydrogen-bond acceptors (Lipinski definition) is 5. The van der Waals surface area contributed by atoms with Crippen molar-refractivity contribution in [3.05, 3.63) is 83.3 Å². The quantitative estimate of drug-likeness (QED) is 0.547. The number of aliphatic imine (C=N–C) groups is 1. The third-order valence-electron chi connectivity index (χ3n) is 3.70. The normalized spacial score (nSPS) is 15.3. The number of para-hydroxylation sites is 1. The Labute approximate surface area is 144 Å². The number of carbonyl (C=O) groups excluding carboxylic acids is 1. The number of carbonyl (C=O) groups is 1. The highest BCUT2D eigenvalue weighted by Crippen LogP contribution is 2.19. The van der Waals surface area contributed by atoms with Crippen molar-refractivity contribution >= 4 is 17.9 Å². The van der Waals surface area contributed by atoms with Gasteiger partial charge in [-0.05, 0) is 31.2 Å². The number of nitrogens with zero attached hydrogens (tertiary/aromatic N) is 4. The summed E-state index contributed by atoms with van der Waals surface area (Å²) in [7, 11) is 0. The molecular formula is C19H14N4O2. The lowest BCUT2D eigenvalue weighted by Gasteiger charge is -1.99. The highest BCUT2D eigenvalue weighted by atomic mass is 16.6. The standard InChI is InChI=1S/C19H14N4O2/c1-13-7-9-14(10-8-13)18-21-17(19(24)25-18)11-15-12-20-23(22-15)16-5-3-2-4-6-16/h2-12H,1H3. The van der Waals surface area contributed by atoms with Gasteiger partial charge in [0.05, 0.1) is 11.9 Å². The fourth-order valence-corrected chi connectivity index (χ4v) is 2.40. The average Bonchev–Trinajstić information content (AvgIpc) is 3.24. The van der Waals surface area contributed by atoms with Gasteiger partial charge in [-0.2, -0.15) is 9.90 Å². The lowest BCUT2D eigenvalue weighted by atomic mass is 10.1. The maximum Gasteiger partial charge on any atom is 0.363 e. The van der Waals surface area contributed by atoms with Crippen LogP contribution in [-0.2, 0) is 9.53 Å². The van der Waals surface area contributed by atoms with Crippen LogP contribution < -0.4 is 0 Å². The highest BCUT2D eigenvalue weighted by Gasteiger charge is 2.24. The molecule has 0 radical (unpaired) electrons. The number of cyclic esters (lactones) is 1. The molecule has 3 aromatic rings. The first-order chi connectivity index (χ1) is 12.2. The fraction of sp³-hybridized carbons (Fsp3) is 0.0526. The van der Waals surface area contributed by atoms with Crippen molar-refractivity contribution in [2.75, 3.05) is 0 Å². The van der Waals surface area contributed by atoms with Crippen molar-refractivity contribution in [2.24, 2.45) is 4.99 Å². The molecule has 0 unspecified atom stereocenters. The van der Waals surface area contributed by atoms with E-state index in [2.05, 4.69) is 15.2 Å². The molecule has 0 N–H and O–H groups in total. The Morgan fingerprint density at radius 3 is 2.56 bits per heavy atom. The number of hydrogen-bond donors (Lipinski definition) is 0. The van der Waals surface area contributed by atoms with E-state index in [4.69, 9.17) is 4.74 Å². The maximum atomic E-state index is 12.0. The topological polar surface area (TPSA) is 69.4 Å². The zero-order valence-corrected chi connectivity index (χ0v) is 13.5. The molecule has 1 aliphatic rings. The van der Waals surface area contributed by atoms with Gasteiger partial charge in [0.1, 0.15) is 5.69 Å². The molecule has 0 atom stereocenters. The molecule has 0 spiro atoms. The second-order valence-electron chi connectivity index (χ2n) is 5.60. The Balaban J connectivity index is 1.62. The number of esters is 1. The van der Waals surface area contributed by atoms with E-state index >= 15 is 0 Å². The van der Waals surface area contributed by atoms with Crippen LogP contribution in [0, 0.1) is 6.92 Å². The molecule has 0 amide bonds. The largest absolute Gasteiger partial charge is 0.402 e. The first kappa shape index (κ1) is 15.0. The van der Waals surface area contributed by atoms with Crippen molar-refractivity contribution in [3.63, 3.8) is 0 Å². The lowest BCUT2D eigenvalue weighted by Crippen LogP contribution is -2.05. The van der Waals surface area contributed by atoms with E-state index < -0.39 is 5.97 Å². The van der Waals surface area contributed by atoms with Crippen LogP contribution in [0.25, 0.3) is 11.8 Å². The Morgan fingerprint density at radius 2 is 1.80 bits per heavy atom. The highest BCUT2D eigenvalue weighted by molar-refractivity contribution is 6.12. The van der Waals surface area contributed by atoms with Gasteiger partial charge in [0.25, 0.3) is 0 Å². The van der Waals surface area contributed by atoms with E-state index in [0.29, 0.717) is 11.6 Å². The summed E-state index contributed by atoms with van der Waals surface area (Å²) in [6.07, 6.45) is 3.14. The van der Waals surface area contributed by atoms with Gasteiger partial charge in [-0.15, -0.1) is 5.10 Å². The number of ether oxygens (including phenoxy) is 1. The summed E-state index contributed by atoms with van der Waals surface area (Å²) >= 11 is 0. The molecule has 0 saturated carbocycles. The van der Waals surface area contributed by atoms with Crippen LogP contribution >= 0.6 is 0 Å². The van der Waals surface area contributed by atoms with Crippen LogP contribution in [0.2, 0.25) is 0 Å². The Kier molecular flexibility index (Phi) is 3.70. The van der Waals surface area contributed by atoms with Crippen LogP contribution in [0.1, 0.15) is 16.8 Å². The molecule has 6 heteroatoms. The van der Waals surface area contributed by atoms with Gasteiger partial charge < -0.3 is 4.74 Å². The van der Waals surface area contributed by atoms with Gasteiger partial charge in [-0.25, -0.2) is 9.79 Å². The van der Waals surface area contributed by atoms with Gasteiger partial charge >= 0.3 is 5.97 Å². The van der Waals surface area contributed by atoms with Gasteiger partial charge in [0.15, 0.2) is 5.70 Å². The summed E-state index contributed by atoms with van der Waals surface area (Å²) in [5, 5.41) is 8.54. The smallest absolute Gasteiger partial charge is 0.363 e. The van der Waals surface area contributed by atoms with Gasteiger partial charge in [-0.3, -0.25) is 0 Å².